The molecule has 0 aromatic heterocycles. The van der Waals surface area contributed by atoms with E-state index in [0.29, 0.717) is 13.1 Å². The van der Waals surface area contributed by atoms with Gasteiger partial charge >= 0.3 is 12.1 Å². The van der Waals surface area contributed by atoms with Gasteiger partial charge in [0.2, 0.25) is 0 Å². The first-order valence-electron chi connectivity index (χ1n) is 9.84. The molecule has 1 saturated heterocycles. The molecule has 0 atom stereocenters. The SMILES string of the molecule is CC(C)(C)OC(=O)N1CCC(=C(c2ccccc2)c2ccc(C(=O)O)cc2)CC1. The summed E-state index contributed by atoms with van der Waals surface area (Å²) < 4.78 is 5.49. The summed E-state index contributed by atoms with van der Waals surface area (Å²) in [5.74, 6) is -0.934. The van der Waals surface area contributed by atoms with Gasteiger partial charge in [0.15, 0.2) is 0 Å². The lowest BCUT2D eigenvalue weighted by molar-refractivity contribution is 0.0236. The molecule has 0 radical (unpaired) electrons. The molecule has 0 spiro atoms. The molecule has 5 heteroatoms. The number of carbonyl (C=O) groups excluding carboxylic acids is 1. The second-order valence-corrected chi connectivity index (χ2v) is 8.19. The Kier molecular flexibility index (Phi) is 6.06. The third-order valence-electron chi connectivity index (χ3n) is 4.86. The van der Waals surface area contributed by atoms with Crippen LogP contribution in [0.15, 0.2) is 60.2 Å². The molecule has 0 saturated carbocycles. The lowest BCUT2D eigenvalue weighted by Crippen LogP contribution is -2.40. The highest BCUT2D eigenvalue weighted by Gasteiger charge is 2.26. The molecule has 2 aromatic rings. The largest absolute Gasteiger partial charge is 0.478 e. The molecule has 1 aliphatic rings. The number of aromatic carboxylic acids is 1. The Labute approximate surface area is 171 Å². The maximum Gasteiger partial charge on any atom is 0.410 e. The third-order valence-corrected chi connectivity index (χ3v) is 4.86. The van der Waals surface area contributed by atoms with Crippen molar-refractivity contribution in [3.8, 4) is 0 Å². The molecule has 29 heavy (non-hydrogen) atoms. The van der Waals surface area contributed by atoms with Crippen LogP contribution in [-0.2, 0) is 4.74 Å². The van der Waals surface area contributed by atoms with Gasteiger partial charge in [-0.25, -0.2) is 9.59 Å². The van der Waals surface area contributed by atoms with Gasteiger partial charge < -0.3 is 14.7 Å². The van der Waals surface area contributed by atoms with E-state index in [0.717, 1.165) is 29.5 Å². The summed E-state index contributed by atoms with van der Waals surface area (Å²) in [7, 11) is 0. The number of amides is 1. The number of nitrogens with zero attached hydrogens (tertiary/aromatic N) is 1. The number of likely N-dealkylation sites (tertiary alicyclic amines) is 1. The van der Waals surface area contributed by atoms with Gasteiger partial charge in [-0.1, -0.05) is 48.0 Å². The van der Waals surface area contributed by atoms with Crippen molar-refractivity contribution in [2.75, 3.05) is 13.1 Å². The highest BCUT2D eigenvalue weighted by Crippen LogP contribution is 2.32. The number of hydrogen-bond donors (Lipinski definition) is 1. The summed E-state index contributed by atoms with van der Waals surface area (Å²) in [6, 6.07) is 17.1. The van der Waals surface area contributed by atoms with Crippen molar-refractivity contribution in [1.29, 1.82) is 0 Å². The van der Waals surface area contributed by atoms with E-state index in [-0.39, 0.29) is 11.7 Å². The molecule has 2 aromatic carbocycles. The van der Waals surface area contributed by atoms with Crippen LogP contribution >= 0.6 is 0 Å². The van der Waals surface area contributed by atoms with Gasteiger partial charge in [-0.2, -0.15) is 0 Å². The molecule has 152 valence electrons. The van der Waals surface area contributed by atoms with Gasteiger partial charge in [-0.3, -0.25) is 0 Å². The molecule has 1 amide bonds. The Morgan fingerprint density at radius 2 is 1.38 bits per heavy atom. The molecule has 1 aliphatic heterocycles. The molecule has 0 bridgehead atoms. The van der Waals surface area contributed by atoms with Crippen molar-refractivity contribution >= 4 is 17.6 Å². The first kappa shape index (κ1) is 20.6. The Morgan fingerprint density at radius 1 is 0.862 bits per heavy atom. The summed E-state index contributed by atoms with van der Waals surface area (Å²) in [6.07, 6.45) is 1.23. The molecule has 1 N–H and O–H groups in total. The molecule has 1 heterocycles. The maximum atomic E-state index is 12.4. The van der Waals surface area contributed by atoms with Crippen LogP contribution < -0.4 is 0 Å². The maximum absolute atomic E-state index is 12.4. The Hall–Kier alpha value is -3.08. The summed E-state index contributed by atoms with van der Waals surface area (Å²) in [4.78, 5) is 25.3. The fourth-order valence-corrected chi connectivity index (χ4v) is 3.49. The number of ether oxygens (including phenoxy) is 1. The van der Waals surface area contributed by atoms with Crippen LogP contribution in [0.25, 0.3) is 5.57 Å². The molecule has 0 aliphatic carbocycles. The number of hydrogen-bond acceptors (Lipinski definition) is 3. The van der Waals surface area contributed by atoms with Crippen LogP contribution in [0.5, 0.6) is 0 Å². The van der Waals surface area contributed by atoms with Gasteiger partial charge in [0.25, 0.3) is 0 Å². The monoisotopic (exact) mass is 393 g/mol. The van der Waals surface area contributed by atoms with Gasteiger partial charge in [-0.15, -0.1) is 0 Å². The molecule has 0 unspecified atom stereocenters. The summed E-state index contributed by atoms with van der Waals surface area (Å²) >= 11 is 0. The smallest absolute Gasteiger partial charge is 0.410 e. The van der Waals surface area contributed by atoms with Gasteiger partial charge in [0.1, 0.15) is 5.60 Å². The first-order chi connectivity index (χ1) is 13.7. The number of carboxylic acid groups (broad SMARTS) is 1. The number of piperidine rings is 1. The van der Waals surface area contributed by atoms with Crippen molar-refractivity contribution in [1.82, 2.24) is 4.90 Å². The van der Waals surface area contributed by atoms with Gasteiger partial charge in [0, 0.05) is 13.1 Å². The first-order valence-corrected chi connectivity index (χ1v) is 9.84. The minimum absolute atomic E-state index is 0.269. The van der Waals surface area contributed by atoms with E-state index < -0.39 is 11.6 Å². The van der Waals surface area contributed by atoms with Crippen LogP contribution in [0.4, 0.5) is 4.79 Å². The van der Waals surface area contributed by atoms with Crippen LogP contribution in [0.1, 0.15) is 55.1 Å². The van der Waals surface area contributed by atoms with E-state index in [4.69, 9.17) is 4.74 Å². The Balaban J connectivity index is 1.88. The van der Waals surface area contributed by atoms with E-state index in [2.05, 4.69) is 12.1 Å². The summed E-state index contributed by atoms with van der Waals surface area (Å²) in [5, 5.41) is 9.18. The van der Waals surface area contributed by atoms with Crippen molar-refractivity contribution < 1.29 is 19.4 Å². The summed E-state index contributed by atoms with van der Waals surface area (Å²) in [5.41, 5.74) is 4.23. The average Bonchev–Trinajstić information content (AvgIpc) is 2.69. The zero-order valence-electron chi connectivity index (χ0n) is 17.1. The van der Waals surface area contributed by atoms with Crippen molar-refractivity contribution in [2.24, 2.45) is 0 Å². The Morgan fingerprint density at radius 3 is 1.90 bits per heavy atom. The standard InChI is InChI=1S/C24H27NO4/c1-24(2,3)29-23(28)25-15-13-19(14-16-25)21(17-7-5-4-6-8-17)18-9-11-20(12-10-18)22(26)27/h4-12H,13-16H2,1-3H3,(H,26,27). The van der Waals surface area contributed by atoms with Crippen molar-refractivity contribution in [3.05, 3.63) is 76.9 Å². The van der Waals surface area contributed by atoms with E-state index in [9.17, 15) is 14.7 Å². The molecule has 3 rings (SSSR count). The number of benzene rings is 2. The number of carboxylic acids is 1. The van der Waals surface area contributed by atoms with Crippen LogP contribution in [0.3, 0.4) is 0 Å². The number of carbonyl (C=O) groups is 2. The second-order valence-electron chi connectivity index (χ2n) is 8.19. The van der Waals surface area contributed by atoms with Crippen LogP contribution in [0.2, 0.25) is 0 Å². The fourth-order valence-electron chi connectivity index (χ4n) is 3.49. The third kappa shape index (κ3) is 5.25. The highest BCUT2D eigenvalue weighted by atomic mass is 16.6. The lowest BCUT2D eigenvalue weighted by atomic mass is 9.88. The predicted molar refractivity (Wildman–Crippen MR) is 113 cm³/mol. The molecule has 1 fully saturated rings. The van der Waals surface area contributed by atoms with Gasteiger partial charge in [-0.05, 0) is 62.4 Å². The topological polar surface area (TPSA) is 66.8 Å². The normalized spacial score (nSPS) is 14.4. The minimum Gasteiger partial charge on any atom is -0.478 e. The quantitative estimate of drug-likeness (QED) is 0.777. The van der Waals surface area contributed by atoms with Crippen LogP contribution in [-0.4, -0.2) is 40.8 Å². The minimum atomic E-state index is -0.934. The highest BCUT2D eigenvalue weighted by molar-refractivity contribution is 5.89. The Bertz CT molecular complexity index is 898. The fraction of sp³-hybridized carbons (Fsp3) is 0.333. The predicted octanol–water partition coefficient (Wildman–Crippen LogP) is 5.22. The lowest BCUT2D eigenvalue weighted by Gasteiger charge is -2.32. The van der Waals surface area contributed by atoms with Crippen LogP contribution in [0, 0.1) is 0 Å². The van der Waals surface area contributed by atoms with Crippen molar-refractivity contribution in [2.45, 2.75) is 39.2 Å². The van der Waals surface area contributed by atoms with E-state index in [1.54, 1.807) is 17.0 Å². The van der Waals surface area contributed by atoms with E-state index >= 15 is 0 Å². The number of rotatable bonds is 3. The molecular formula is C24H27NO4. The molecule has 5 nitrogen and oxygen atoms in total. The van der Waals surface area contributed by atoms with Crippen molar-refractivity contribution in [3.63, 3.8) is 0 Å². The second kappa shape index (κ2) is 8.52. The summed E-state index contributed by atoms with van der Waals surface area (Å²) in [6.45, 7) is 6.82. The zero-order valence-corrected chi connectivity index (χ0v) is 17.1. The zero-order chi connectivity index (χ0) is 21.0. The van der Waals surface area contributed by atoms with E-state index in [1.165, 1.54) is 5.57 Å². The van der Waals surface area contributed by atoms with Gasteiger partial charge in [0.05, 0.1) is 5.56 Å². The average molecular weight is 393 g/mol. The molecular weight excluding hydrogens is 366 g/mol. The van der Waals surface area contributed by atoms with E-state index in [1.807, 2.05) is 51.1 Å².